The molecule has 2 unspecified atom stereocenters. The number of halogens is 3. The molecule has 0 amide bonds. The van der Waals surface area contributed by atoms with Crippen LogP contribution in [0.2, 0.25) is 5.02 Å². The average molecular weight is 279 g/mol. The third-order valence-corrected chi connectivity index (χ3v) is 3.44. The lowest BCUT2D eigenvalue weighted by Gasteiger charge is -2.11. The first-order valence-electron chi connectivity index (χ1n) is 5.42. The first kappa shape index (κ1) is 13.1. The molecule has 1 fully saturated rings. The summed E-state index contributed by atoms with van der Waals surface area (Å²) in [4.78, 5) is 0. The highest BCUT2D eigenvalue weighted by Gasteiger charge is 2.25. The van der Waals surface area contributed by atoms with Crippen LogP contribution in [0.4, 0.5) is 4.39 Å². The van der Waals surface area contributed by atoms with E-state index in [1.807, 2.05) is 0 Å². The molecule has 1 aromatic carbocycles. The SMILES string of the molecule is Fc1cccc(Cl)c1COC1COC(CCl)C1. The highest BCUT2D eigenvalue weighted by Crippen LogP contribution is 2.23. The van der Waals surface area contributed by atoms with E-state index in [-0.39, 0.29) is 24.6 Å². The van der Waals surface area contributed by atoms with Crippen molar-refractivity contribution in [2.45, 2.75) is 25.2 Å². The number of ether oxygens (including phenoxy) is 2. The molecule has 2 atom stereocenters. The quantitative estimate of drug-likeness (QED) is 0.786. The van der Waals surface area contributed by atoms with Crippen molar-refractivity contribution >= 4 is 23.2 Å². The highest BCUT2D eigenvalue weighted by atomic mass is 35.5. The summed E-state index contributed by atoms with van der Waals surface area (Å²) in [6.07, 6.45) is 0.752. The fraction of sp³-hybridized carbons (Fsp3) is 0.500. The fourth-order valence-electron chi connectivity index (χ4n) is 1.77. The Morgan fingerprint density at radius 1 is 1.47 bits per heavy atom. The van der Waals surface area contributed by atoms with Crippen LogP contribution in [0.25, 0.3) is 0 Å². The van der Waals surface area contributed by atoms with E-state index in [1.165, 1.54) is 6.07 Å². The van der Waals surface area contributed by atoms with Gasteiger partial charge in [0.25, 0.3) is 0 Å². The van der Waals surface area contributed by atoms with Gasteiger partial charge in [-0.2, -0.15) is 0 Å². The minimum Gasteiger partial charge on any atom is -0.374 e. The lowest BCUT2D eigenvalue weighted by molar-refractivity contribution is 0.0276. The van der Waals surface area contributed by atoms with Gasteiger partial charge in [0.15, 0.2) is 0 Å². The van der Waals surface area contributed by atoms with Crippen LogP contribution in [0.5, 0.6) is 0 Å². The Hall–Kier alpha value is -0.350. The van der Waals surface area contributed by atoms with Crippen LogP contribution in [0.1, 0.15) is 12.0 Å². The maximum atomic E-state index is 13.5. The van der Waals surface area contributed by atoms with Gasteiger partial charge in [0.05, 0.1) is 25.4 Å². The summed E-state index contributed by atoms with van der Waals surface area (Å²) in [5.41, 5.74) is 0.392. The molecule has 0 radical (unpaired) electrons. The van der Waals surface area contributed by atoms with Gasteiger partial charge in [0, 0.05) is 22.9 Å². The largest absolute Gasteiger partial charge is 0.374 e. The van der Waals surface area contributed by atoms with Crippen molar-refractivity contribution in [3.05, 3.63) is 34.6 Å². The van der Waals surface area contributed by atoms with E-state index in [0.717, 1.165) is 6.42 Å². The Kier molecular flexibility index (Phi) is 4.62. The molecule has 94 valence electrons. The molecule has 0 saturated carbocycles. The zero-order valence-electron chi connectivity index (χ0n) is 9.17. The number of rotatable bonds is 4. The van der Waals surface area contributed by atoms with Crippen LogP contribution in [0.15, 0.2) is 18.2 Å². The van der Waals surface area contributed by atoms with E-state index in [4.69, 9.17) is 32.7 Å². The van der Waals surface area contributed by atoms with Gasteiger partial charge in [-0.25, -0.2) is 4.39 Å². The van der Waals surface area contributed by atoms with Gasteiger partial charge in [-0.3, -0.25) is 0 Å². The summed E-state index contributed by atoms with van der Waals surface area (Å²) in [5, 5.41) is 0.387. The van der Waals surface area contributed by atoms with E-state index >= 15 is 0 Å². The van der Waals surface area contributed by atoms with Gasteiger partial charge >= 0.3 is 0 Å². The monoisotopic (exact) mass is 278 g/mol. The molecule has 0 N–H and O–H groups in total. The molecular weight excluding hydrogens is 266 g/mol. The number of hydrogen-bond acceptors (Lipinski definition) is 2. The standard InChI is InChI=1S/C12H13Cl2FO2/c13-5-8-4-9(6-16-8)17-7-10-11(14)2-1-3-12(10)15/h1-3,8-9H,4-7H2. The van der Waals surface area contributed by atoms with Gasteiger partial charge in [-0.15, -0.1) is 11.6 Å². The van der Waals surface area contributed by atoms with Crippen molar-refractivity contribution in [1.82, 2.24) is 0 Å². The minimum absolute atomic E-state index is 0.0329. The average Bonchev–Trinajstić information content (AvgIpc) is 2.76. The number of alkyl halides is 1. The zero-order valence-corrected chi connectivity index (χ0v) is 10.7. The highest BCUT2D eigenvalue weighted by molar-refractivity contribution is 6.31. The molecule has 5 heteroatoms. The molecule has 0 bridgehead atoms. The molecule has 1 aliphatic heterocycles. The van der Waals surface area contributed by atoms with Gasteiger partial charge in [0.1, 0.15) is 5.82 Å². The lowest BCUT2D eigenvalue weighted by atomic mass is 10.2. The van der Waals surface area contributed by atoms with Crippen molar-refractivity contribution in [1.29, 1.82) is 0 Å². The Bertz CT molecular complexity index is 367. The molecule has 2 nitrogen and oxygen atoms in total. The van der Waals surface area contributed by atoms with E-state index in [9.17, 15) is 4.39 Å². The van der Waals surface area contributed by atoms with Crippen molar-refractivity contribution in [3.8, 4) is 0 Å². The molecule has 1 aromatic rings. The maximum Gasteiger partial charge on any atom is 0.130 e. The Labute approximate surface area is 110 Å². The van der Waals surface area contributed by atoms with E-state index < -0.39 is 0 Å². The number of benzene rings is 1. The van der Waals surface area contributed by atoms with Crippen LogP contribution in [0.3, 0.4) is 0 Å². The topological polar surface area (TPSA) is 18.5 Å². The summed E-state index contributed by atoms with van der Waals surface area (Å²) >= 11 is 11.6. The zero-order chi connectivity index (χ0) is 12.3. The molecule has 2 rings (SSSR count). The summed E-state index contributed by atoms with van der Waals surface area (Å²) in [5.74, 6) is 0.116. The first-order valence-corrected chi connectivity index (χ1v) is 6.34. The third kappa shape index (κ3) is 3.32. The fourth-order valence-corrected chi connectivity index (χ4v) is 2.20. The number of hydrogen-bond donors (Lipinski definition) is 0. The second-order valence-corrected chi connectivity index (χ2v) is 4.69. The normalized spacial score (nSPS) is 24.2. The first-order chi connectivity index (χ1) is 8.20. The molecular formula is C12H13Cl2FO2. The Morgan fingerprint density at radius 2 is 2.29 bits per heavy atom. The molecule has 1 aliphatic rings. The molecule has 0 spiro atoms. The Morgan fingerprint density at radius 3 is 2.94 bits per heavy atom. The van der Waals surface area contributed by atoms with Crippen LogP contribution in [-0.2, 0) is 16.1 Å². The lowest BCUT2D eigenvalue weighted by Crippen LogP contribution is -2.14. The van der Waals surface area contributed by atoms with Crippen LogP contribution < -0.4 is 0 Å². The van der Waals surface area contributed by atoms with Crippen molar-refractivity contribution in [2.24, 2.45) is 0 Å². The van der Waals surface area contributed by atoms with Crippen LogP contribution in [0, 0.1) is 5.82 Å². The van der Waals surface area contributed by atoms with E-state index in [1.54, 1.807) is 12.1 Å². The summed E-state index contributed by atoms with van der Waals surface area (Å²) in [6, 6.07) is 4.59. The van der Waals surface area contributed by atoms with Gasteiger partial charge in [-0.1, -0.05) is 17.7 Å². The summed E-state index contributed by atoms with van der Waals surface area (Å²) in [6.45, 7) is 0.665. The second kappa shape index (κ2) is 6.01. The van der Waals surface area contributed by atoms with Crippen LogP contribution in [-0.4, -0.2) is 24.7 Å². The molecule has 1 saturated heterocycles. The van der Waals surface area contributed by atoms with Crippen molar-refractivity contribution in [2.75, 3.05) is 12.5 Å². The molecule has 1 heterocycles. The van der Waals surface area contributed by atoms with Crippen molar-refractivity contribution < 1.29 is 13.9 Å². The summed E-state index contributed by atoms with van der Waals surface area (Å²) < 4.78 is 24.4. The third-order valence-electron chi connectivity index (χ3n) is 2.74. The maximum absolute atomic E-state index is 13.5. The Balaban J connectivity index is 1.90. The predicted octanol–water partition coefficient (Wildman–Crippen LogP) is 3.39. The van der Waals surface area contributed by atoms with E-state index in [2.05, 4.69) is 0 Å². The van der Waals surface area contributed by atoms with Gasteiger partial charge in [0.2, 0.25) is 0 Å². The van der Waals surface area contributed by atoms with Crippen molar-refractivity contribution in [3.63, 3.8) is 0 Å². The second-order valence-electron chi connectivity index (χ2n) is 3.98. The predicted molar refractivity (Wildman–Crippen MR) is 65.1 cm³/mol. The molecule has 0 aromatic heterocycles. The smallest absolute Gasteiger partial charge is 0.130 e. The molecule has 17 heavy (non-hydrogen) atoms. The van der Waals surface area contributed by atoms with E-state index in [0.29, 0.717) is 23.1 Å². The molecule has 0 aliphatic carbocycles. The minimum atomic E-state index is -0.342. The van der Waals surface area contributed by atoms with Crippen LogP contribution >= 0.6 is 23.2 Å². The summed E-state index contributed by atoms with van der Waals surface area (Å²) in [7, 11) is 0. The van der Waals surface area contributed by atoms with Gasteiger partial charge in [-0.05, 0) is 12.1 Å². The van der Waals surface area contributed by atoms with Gasteiger partial charge < -0.3 is 9.47 Å².